The van der Waals surface area contributed by atoms with Crippen LogP contribution in [0.25, 0.3) is 0 Å². The van der Waals surface area contributed by atoms with Gasteiger partial charge in [-0.3, -0.25) is 9.40 Å². The first-order valence-electron chi connectivity index (χ1n) is 7.11. The summed E-state index contributed by atoms with van der Waals surface area (Å²) < 4.78 is 47.7. The molecule has 2 rings (SSSR count). The average molecular weight is 434 g/mol. The SMILES string of the molecule is COC(=O)c1cc(S(=O)(=O)Nc2cnn(C(C)(C)C)c2)c(F)cc1Br. The maximum Gasteiger partial charge on any atom is 0.339 e. The maximum absolute atomic E-state index is 14.2. The second-order valence-electron chi connectivity index (χ2n) is 6.20. The van der Waals surface area contributed by atoms with Crippen LogP contribution in [-0.2, 0) is 20.3 Å². The third-order valence-electron chi connectivity index (χ3n) is 3.24. The Hall–Kier alpha value is -1.94. The van der Waals surface area contributed by atoms with Crippen molar-refractivity contribution in [2.75, 3.05) is 11.8 Å². The summed E-state index contributed by atoms with van der Waals surface area (Å²) in [7, 11) is -3.12. The Balaban J connectivity index is 2.43. The fourth-order valence-electron chi connectivity index (χ4n) is 1.95. The molecule has 136 valence electrons. The molecule has 25 heavy (non-hydrogen) atoms. The van der Waals surface area contributed by atoms with Gasteiger partial charge >= 0.3 is 5.97 Å². The highest BCUT2D eigenvalue weighted by Gasteiger charge is 2.25. The van der Waals surface area contributed by atoms with Gasteiger partial charge in [-0.1, -0.05) is 0 Å². The van der Waals surface area contributed by atoms with E-state index in [4.69, 9.17) is 0 Å². The summed E-state index contributed by atoms with van der Waals surface area (Å²) in [5, 5.41) is 4.08. The van der Waals surface area contributed by atoms with E-state index in [0.717, 1.165) is 19.2 Å². The third-order valence-corrected chi connectivity index (χ3v) is 5.29. The number of benzene rings is 1. The molecular formula is C15H17BrFN3O4S. The van der Waals surface area contributed by atoms with Crippen molar-refractivity contribution in [2.45, 2.75) is 31.2 Å². The number of esters is 1. The largest absolute Gasteiger partial charge is 0.465 e. The van der Waals surface area contributed by atoms with Crippen LogP contribution in [0.1, 0.15) is 31.1 Å². The highest BCUT2D eigenvalue weighted by atomic mass is 79.9. The number of rotatable bonds is 4. The normalized spacial score (nSPS) is 12.1. The molecule has 0 saturated carbocycles. The molecule has 0 aliphatic carbocycles. The van der Waals surface area contributed by atoms with Gasteiger partial charge < -0.3 is 4.74 Å². The van der Waals surface area contributed by atoms with E-state index in [2.05, 4.69) is 30.5 Å². The fraction of sp³-hybridized carbons (Fsp3) is 0.333. The van der Waals surface area contributed by atoms with Gasteiger partial charge in [-0.25, -0.2) is 17.6 Å². The number of aromatic nitrogens is 2. The number of sulfonamides is 1. The van der Waals surface area contributed by atoms with Gasteiger partial charge in [-0.15, -0.1) is 0 Å². The first-order valence-corrected chi connectivity index (χ1v) is 9.38. The molecule has 0 unspecified atom stereocenters. The molecule has 2 aromatic rings. The summed E-state index contributed by atoms with van der Waals surface area (Å²) in [5.74, 6) is -1.79. The van der Waals surface area contributed by atoms with Crippen molar-refractivity contribution in [1.82, 2.24) is 9.78 Å². The van der Waals surface area contributed by atoms with Crippen LogP contribution in [-0.4, -0.2) is 31.3 Å². The predicted molar refractivity (Wildman–Crippen MR) is 93.5 cm³/mol. The Morgan fingerprint density at radius 1 is 1.36 bits per heavy atom. The van der Waals surface area contributed by atoms with E-state index in [1.807, 2.05) is 20.8 Å². The van der Waals surface area contributed by atoms with Gasteiger partial charge in [0.05, 0.1) is 30.1 Å². The van der Waals surface area contributed by atoms with Gasteiger partial charge in [0.1, 0.15) is 10.7 Å². The van der Waals surface area contributed by atoms with Crippen molar-refractivity contribution >= 4 is 37.6 Å². The summed E-state index contributed by atoms with van der Waals surface area (Å²) in [6.07, 6.45) is 2.82. The molecule has 0 aliphatic rings. The first kappa shape index (κ1) is 19.4. The zero-order chi connectivity index (χ0) is 19.0. The molecule has 0 atom stereocenters. The van der Waals surface area contributed by atoms with Crippen molar-refractivity contribution in [3.8, 4) is 0 Å². The van der Waals surface area contributed by atoms with E-state index in [9.17, 15) is 17.6 Å². The minimum Gasteiger partial charge on any atom is -0.465 e. The van der Waals surface area contributed by atoms with Crippen LogP contribution in [0.4, 0.5) is 10.1 Å². The van der Waals surface area contributed by atoms with Gasteiger partial charge in [-0.2, -0.15) is 5.10 Å². The van der Waals surface area contributed by atoms with E-state index >= 15 is 0 Å². The minimum atomic E-state index is -4.26. The van der Waals surface area contributed by atoms with Crippen molar-refractivity contribution in [3.63, 3.8) is 0 Å². The van der Waals surface area contributed by atoms with Crippen LogP contribution < -0.4 is 4.72 Å². The molecule has 1 heterocycles. The van der Waals surface area contributed by atoms with E-state index in [1.165, 1.54) is 12.4 Å². The summed E-state index contributed by atoms with van der Waals surface area (Å²) in [6, 6.07) is 1.82. The second kappa shape index (κ2) is 6.75. The van der Waals surface area contributed by atoms with Crippen LogP contribution >= 0.6 is 15.9 Å². The highest BCUT2D eigenvalue weighted by molar-refractivity contribution is 9.10. The Labute approximate surface area is 153 Å². The maximum atomic E-state index is 14.2. The Bertz CT molecular complexity index is 919. The predicted octanol–water partition coefficient (Wildman–Crippen LogP) is 3.13. The second-order valence-corrected chi connectivity index (χ2v) is 8.71. The third kappa shape index (κ3) is 4.18. The molecule has 0 bridgehead atoms. The van der Waals surface area contributed by atoms with Crippen molar-refractivity contribution in [3.05, 3.63) is 40.4 Å². The molecule has 7 nitrogen and oxygen atoms in total. The van der Waals surface area contributed by atoms with Crippen LogP contribution in [0.15, 0.2) is 33.9 Å². The number of halogens is 2. The molecule has 1 aromatic carbocycles. The average Bonchev–Trinajstić information content (AvgIpc) is 2.94. The molecule has 1 aromatic heterocycles. The number of ether oxygens (including phenoxy) is 1. The summed E-state index contributed by atoms with van der Waals surface area (Å²) >= 11 is 3.01. The Morgan fingerprint density at radius 3 is 2.52 bits per heavy atom. The molecule has 0 aliphatic heterocycles. The van der Waals surface area contributed by atoms with Gasteiger partial charge in [0, 0.05) is 10.7 Å². The number of carbonyl (C=O) groups is 1. The first-order chi connectivity index (χ1) is 11.5. The number of carbonyl (C=O) groups excluding carboxylic acids is 1. The molecule has 10 heteroatoms. The van der Waals surface area contributed by atoms with E-state index in [1.54, 1.807) is 4.68 Å². The molecule has 0 saturated heterocycles. The molecule has 1 N–H and O–H groups in total. The Kier molecular flexibility index (Phi) is 5.24. The van der Waals surface area contributed by atoms with E-state index in [0.29, 0.717) is 0 Å². The zero-order valence-corrected chi connectivity index (χ0v) is 16.4. The lowest BCUT2D eigenvalue weighted by molar-refractivity contribution is 0.0599. The quantitative estimate of drug-likeness (QED) is 0.747. The molecular weight excluding hydrogens is 417 g/mol. The lowest BCUT2D eigenvalue weighted by Crippen LogP contribution is -2.22. The number of nitrogens with one attached hydrogen (secondary N) is 1. The zero-order valence-electron chi connectivity index (χ0n) is 14.0. The summed E-state index contributed by atoms with van der Waals surface area (Å²) in [4.78, 5) is 11.0. The number of anilines is 1. The summed E-state index contributed by atoms with van der Waals surface area (Å²) in [6.45, 7) is 5.69. The van der Waals surface area contributed by atoms with Crippen LogP contribution in [0, 0.1) is 5.82 Å². The van der Waals surface area contributed by atoms with E-state index < -0.39 is 26.7 Å². The van der Waals surface area contributed by atoms with E-state index in [-0.39, 0.29) is 21.3 Å². The van der Waals surface area contributed by atoms with Crippen LogP contribution in [0.3, 0.4) is 0 Å². The topological polar surface area (TPSA) is 90.3 Å². The van der Waals surface area contributed by atoms with Crippen molar-refractivity contribution in [1.29, 1.82) is 0 Å². The number of hydrogen-bond acceptors (Lipinski definition) is 5. The standard InChI is InChI=1S/C15H17BrFN3O4S/c1-15(2,3)20-8-9(7-18-20)19-25(22,23)13-5-10(14(21)24-4)11(16)6-12(13)17/h5-8,19H,1-4H3. The van der Waals surface area contributed by atoms with Crippen molar-refractivity contribution in [2.24, 2.45) is 0 Å². The number of nitrogens with zero attached hydrogens (tertiary/aromatic N) is 2. The van der Waals surface area contributed by atoms with Crippen LogP contribution in [0.5, 0.6) is 0 Å². The van der Waals surface area contributed by atoms with Gasteiger partial charge in [0.15, 0.2) is 0 Å². The monoisotopic (exact) mass is 433 g/mol. The van der Waals surface area contributed by atoms with Gasteiger partial charge in [0.25, 0.3) is 10.0 Å². The highest BCUT2D eigenvalue weighted by Crippen LogP contribution is 2.27. The van der Waals surface area contributed by atoms with Gasteiger partial charge in [-0.05, 0) is 48.8 Å². The molecule has 0 spiro atoms. The smallest absolute Gasteiger partial charge is 0.339 e. The van der Waals surface area contributed by atoms with Crippen molar-refractivity contribution < 1.29 is 22.3 Å². The lowest BCUT2D eigenvalue weighted by Gasteiger charge is -2.18. The molecule has 0 radical (unpaired) electrons. The van der Waals surface area contributed by atoms with Crippen LogP contribution in [0.2, 0.25) is 0 Å². The van der Waals surface area contributed by atoms with Gasteiger partial charge in [0.2, 0.25) is 0 Å². The Morgan fingerprint density at radius 2 is 2.00 bits per heavy atom. The number of hydrogen-bond donors (Lipinski definition) is 1. The lowest BCUT2D eigenvalue weighted by atomic mass is 10.1. The minimum absolute atomic E-state index is 0.0938. The molecule has 0 fully saturated rings. The fourth-order valence-corrected chi connectivity index (χ4v) is 3.55. The molecule has 0 amide bonds. The summed E-state index contributed by atoms with van der Waals surface area (Å²) in [5.41, 5.74) is -0.267. The number of methoxy groups -OCH3 is 1.